The first-order chi connectivity index (χ1) is 20.9. The first-order valence-corrected chi connectivity index (χ1v) is 15.5. The number of methoxy groups -OCH3 is 1. The predicted molar refractivity (Wildman–Crippen MR) is 165 cm³/mol. The molecule has 5 rings (SSSR count). The molecular weight excluding hydrogens is 546 g/mol. The van der Waals surface area contributed by atoms with Crippen molar-refractivity contribution in [2.45, 2.75) is 63.3 Å². The van der Waals surface area contributed by atoms with Crippen LogP contribution in [0, 0.1) is 5.92 Å². The van der Waals surface area contributed by atoms with E-state index in [4.69, 9.17) is 9.47 Å². The third-order valence-electron chi connectivity index (χ3n) is 8.74. The number of hydrogen-bond acceptors (Lipinski definition) is 7. The molecule has 43 heavy (non-hydrogen) atoms. The summed E-state index contributed by atoms with van der Waals surface area (Å²) in [5, 5.41) is 20.5. The van der Waals surface area contributed by atoms with Gasteiger partial charge >= 0.3 is 6.09 Å². The zero-order valence-electron chi connectivity index (χ0n) is 25.4. The quantitative estimate of drug-likeness (QED) is 0.359. The highest BCUT2D eigenvalue weighted by atomic mass is 16.6. The molecule has 0 bridgehead atoms. The fourth-order valence-corrected chi connectivity index (χ4v) is 6.28. The molecule has 1 unspecified atom stereocenters. The minimum Gasteiger partial charge on any atom is -0.508 e. The second-order valence-electron chi connectivity index (χ2n) is 11.7. The molecule has 2 N–H and O–H groups in total. The first kappa shape index (κ1) is 32.4. The minimum absolute atomic E-state index is 0.0195. The maximum atomic E-state index is 12.5. The van der Waals surface area contributed by atoms with Crippen molar-refractivity contribution in [3.8, 4) is 0 Å². The van der Waals surface area contributed by atoms with Gasteiger partial charge in [0.2, 0.25) is 5.91 Å². The summed E-state index contributed by atoms with van der Waals surface area (Å²) >= 11 is 0. The van der Waals surface area contributed by atoms with E-state index in [1.54, 1.807) is 29.2 Å². The fourth-order valence-electron chi connectivity index (χ4n) is 6.28. The highest BCUT2D eigenvalue weighted by molar-refractivity contribution is 5.79. The zero-order chi connectivity index (χ0) is 30.6. The van der Waals surface area contributed by atoms with E-state index in [1.807, 2.05) is 0 Å². The summed E-state index contributed by atoms with van der Waals surface area (Å²) in [5.74, 6) is 1.82. The summed E-state index contributed by atoms with van der Waals surface area (Å²) in [7, 11) is 1.48. The Hall–Kier alpha value is -3.56. The van der Waals surface area contributed by atoms with Crippen LogP contribution in [0.2, 0.25) is 0 Å². The van der Waals surface area contributed by atoms with Gasteiger partial charge < -0.3 is 29.6 Å². The molecule has 0 radical (unpaired) electrons. The van der Waals surface area contributed by atoms with E-state index in [9.17, 15) is 19.9 Å². The summed E-state index contributed by atoms with van der Waals surface area (Å²) < 4.78 is 10.6. The van der Waals surface area contributed by atoms with Crippen molar-refractivity contribution < 1.29 is 29.4 Å². The number of piperidine rings is 1. The third-order valence-corrected chi connectivity index (χ3v) is 8.74. The number of nitrogens with zero attached hydrogens (tertiary/aromatic N) is 3. The Labute approximate surface area is 255 Å². The molecule has 1 atom stereocenters. The Morgan fingerprint density at radius 1 is 1.07 bits per heavy atom. The number of hydrogen-bond donors (Lipinski definition) is 2. The van der Waals surface area contributed by atoms with E-state index in [-0.39, 0.29) is 18.4 Å². The van der Waals surface area contributed by atoms with E-state index in [1.165, 1.54) is 30.6 Å². The lowest BCUT2D eigenvalue weighted by Gasteiger charge is -2.35. The topological polar surface area (TPSA) is 103 Å². The molecule has 1 aromatic rings. The molecule has 0 aromatic heterocycles. The van der Waals surface area contributed by atoms with Crippen LogP contribution in [0.4, 0.5) is 4.79 Å². The van der Waals surface area contributed by atoms with Crippen molar-refractivity contribution in [1.82, 2.24) is 14.9 Å². The predicted octanol–water partition coefficient (Wildman–Crippen LogP) is 5.96. The van der Waals surface area contributed by atoms with Gasteiger partial charge in [0.1, 0.15) is 12.4 Å². The average Bonchev–Trinajstić information content (AvgIpc) is 3.72. The van der Waals surface area contributed by atoms with Gasteiger partial charge in [0.15, 0.2) is 5.76 Å². The monoisotopic (exact) mass is 593 g/mol. The van der Waals surface area contributed by atoms with Crippen LogP contribution in [-0.2, 0) is 14.3 Å². The van der Waals surface area contributed by atoms with E-state index in [0.29, 0.717) is 62.4 Å². The highest BCUT2D eigenvalue weighted by Crippen LogP contribution is 2.32. The molecule has 4 aliphatic rings. The Morgan fingerprint density at radius 3 is 2.47 bits per heavy atom. The van der Waals surface area contributed by atoms with E-state index in [2.05, 4.69) is 41.8 Å². The van der Waals surface area contributed by atoms with Crippen LogP contribution < -0.4 is 0 Å². The molecule has 2 saturated heterocycles. The smallest absolute Gasteiger partial charge is 0.410 e. The SMILES string of the molecule is C=CCN(C(=O)OCC1=CC(OC)=C(O)CC=C1)C1CCN(O)CC1.O=C(C1CCCC1)N1CCC(c2ccccc2)C1. The van der Waals surface area contributed by atoms with Gasteiger partial charge in [-0.3, -0.25) is 4.79 Å². The molecule has 2 aliphatic heterocycles. The van der Waals surface area contributed by atoms with Gasteiger partial charge in [-0.2, -0.15) is 5.06 Å². The molecule has 1 aromatic carbocycles. The lowest BCUT2D eigenvalue weighted by molar-refractivity contribution is -0.134. The Balaban J connectivity index is 0.000000206. The van der Waals surface area contributed by atoms with Crippen LogP contribution in [-0.4, -0.2) is 89.7 Å². The number of benzene rings is 1. The molecule has 234 valence electrons. The number of carbonyl (C=O) groups excluding carboxylic acids is 2. The van der Waals surface area contributed by atoms with Crippen LogP contribution in [0.3, 0.4) is 0 Å². The second-order valence-corrected chi connectivity index (χ2v) is 11.7. The van der Waals surface area contributed by atoms with Gasteiger partial charge in [0.25, 0.3) is 0 Å². The number of rotatable bonds is 8. The lowest BCUT2D eigenvalue weighted by atomic mass is 9.99. The lowest BCUT2D eigenvalue weighted by Crippen LogP contribution is -2.47. The number of aliphatic hydroxyl groups is 1. The standard InChI is InChI=1S/C18H26N2O5.C16H21NO/c1-3-9-20(15-7-10-19(23)11-8-15)18(22)25-13-14-5-4-6-16(21)17(12-14)24-2;18-16(14-8-4-5-9-14)17-11-10-15(12-17)13-6-2-1-3-7-13/h3-5,12,15,21,23H,1,6-11,13H2,2H3;1-3,6-7,14-15H,4-5,8-12H2. The summed E-state index contributed by atoms with van der Waals surface area (Å²) in [4.78, 5) is 28.6. The number of hydroxylamine groups is 2. The summed E-state index contributed by atoms with van der Waals surface area (Å²) in [6, 6.07) is 10.6. The van der Waals surface area contributed by atoms with Crippen molar-refractivity contribution in [2.75, 3.05) is 46.4 Å². The number of allylic oxidation sites excluding steroid dienone is 2. The third kappa shape index (κ3) is 9.21. The largest absolute Gasteiger partial charge is 0.508 e. The Bertz CT molecular complexity index is 1170. The maximum Gasteiger partial charge on any atom is 0.410 e. The average molecular weight is 594 g/mol. The molecular formula is C34H47N3O6. The van der Waals surface area contributed by atoms with Gasteiger partial charge in [-0.15, -0.1) is 6.58 Å². The van der Waals surface area contributed by atoms with E-state index in [0.717, 1.165) is 37.9 Å². The molecule has 0 spiro atoms. The molecule has 9 heteroatoms. The Kier molecular flexibility index (Phi) is 12.3. The summed E-state index contributed by atoms with van der Waals surface area (Å²) in [6.07, 6.45) is 14.1. The van der Waals surface area contributed by atoms with Crippen molar-refractivity contribution in [3.63, 3.8) is 0 Å². The number of amides is 2. The van der Waals surface area contributed by atoms with Crippen molar-refractivity contribution in [3.05, 3.63) is 83.9 Å². The number of aliphatic hydroxyl groups excluding tert-OH is 1. The maximum absolute atomic E-state index is 12.5. The van der Waals surface area contributed by atoms with Crippen LogP contribution in [0.25, 0.3) is 0 Å². The first-order valence-electron chi connectivity index (χ1n) is 15.5. The van der Waals surface area contributed by atoms with Crippen molar-refractivity contribution in [1.29, 1.82) is 0 Å². The summed E-state index contributed by atoms with van der Waals surface area (Å²) in [6.45, 7) is 7.12. The van der Waals surface area contributed by atoms with E-state index < -0.39 is 6.09 Å². The van der Waals surface area contributed by atoms with Gasteiger partial charge in [-0.1, -0.05) is 61.4 Å². The molecule has 9 nitrogen and oxygen atoms in total. The van der Waals surface area contributed by atoms with Gasteiger partial charge in [-0.05, 0) is 49.3 Å². The minimum atomic E-state index is -0.415. The van der Waals surface area contributed by atoms with Crippen LogP contribution in [0.15, 0.2) is 78.3 Å². The van der Waals surface area contributed by atoms with E-state index >= 15 is 0 Å². The van der Waals surface area contributed by atoms with Crippen LogP contribution in [0.1, 0.15) is 62.8 Å². The molecule has 1 saturated carbocycles. The van der Waals surface area contributed by atoms with Gasteiger partial charge in [0, 0.05) is 57.0 Å². The number of likely N-dealkylation sites (tertiary alicyclic amines) is 1. The van der Waals surface area contributed by atoms with Gasteiger partial charge in [0.05, 0.1) is 7.11 Å². The molecule has 3 fully saturated rings. The Morgan fingerprint density at radius 2 is 1.79 bits per heavy atom. The highest BCUT2D eigenvalue weighted by Gasteiger charge is 2.32. The fraction of sp³-hybridized carbons (Fsp3) is 0.529. The molecule has 2 heterocycles. The van der Waals surface area contributed by atoms with Crippen molar-refractivity contribution in [2.24, 2.45) is 5.92 Å². The molecule has 2 aliphatic carbocycles. The zero-order valence-corrected chi connectivity index (χ0v) is 25.4. The normalized spacial score (nSPS) is 21.5. The van der Waals surface area contributed by atoms with Crippen molar-refractivity contribution >= 4 is 12.0 Å². The number of carbonyl (C=O) groups is 2. The van der Waals surface area contributed by atoms with Crippen LogP contribution >= 0.6 is 0 Å². The van der Waals surface area contributed by atoms with Gasteiger partial charge in [-0.25, -0.2) is 4.79 Å². The van der Waals surface area contributed by atoms with Crippen LogP contribution in [0.5, 0.6) is 0 Å². The molecule has 2 amide bonds. The summed E-state index contributed by atoms with van der Waals surface area (Å²) in [5.41, 5.74) is 2.12. The second kappa shape index (κ2) is 16.3. The number of ether oxygens (including phenoxy) is 2.